The Morgan fingerprint density at radius 1 is 1.71 bits per heavy atom. The Morgan fingerprint density at radius 2 is 2.36 bits per heavy atom. The predicted molar refractivity (Wildman–Crippen MR) is 53.4 cm³/mol. The molecular weight excluding hydrogens is 204 g/mol. The summed E-state index contributed by atoms with van der Waals surface area (Å²) in [5, 5.41) is 6.13. The topological polar surface area (TPSA) is 55.1 Å². The molecule has 1 amide bonds. The van der Waals surface area contributed by atoms with Crippen LogP contribution in [0.2, 0.25) is 0 Å². The number of alkyl halides is 1. The second-order valence-corrected chi connectivity index (χ2v) is 4.33. The molecule has 0 aliphatic heterocycles. The van der Waals surface area contributed by atoms with Crippen molar-refractivity contribution in [3.05, 3.63) is 18.0 Å². The lowest BCUT2D eigenvalue weighted by Crippen LogP contribution is -2.49. The van der Waals surface area contributed by atoms with E-state index in [1.165, 1.54) is 12.3 Å². The van der Waals surface area contributed by atoms with E-state index >= 15 is 0 Å². The molecule has 78 valence electrons. The standard InChI is InChI=1S/C9H13ClN2O2/c1-6(10)9(2,3)11-8(13)7-4-5-14-12-7/h4-6H,1-3H3,(H,11,13). The zero-order chi connectivity index (χ0) is 10.8. The molecule has 0 saturated carbocycles. The highest BCUT2D eigenvalue weighted by Gasteiger charge is 2.27. The number of aromatic nitrogens is 1. The second-order valence-electron chi connectivity index (χ2n) is 3.68. The number of rotatable bonds is 3. The lowest BCUT2D eigenvalue weighted by atomic mass is 10.0. The molecule has 4 nitrogen and oxygen atoms in total. The zero-order valence-corrected chi connectivity index (χ0v) is 9.13. The van der Waals surface area contributed by atoms with Crippen LogP contribution in [0, 0.1) is 0 Å². The molecule has 0 aliphatic rings. The fraction of sp³-hybridized carbons (Fsp3) is 0.556. The van der Waals surface area contributed by atoms with Gasteiger partial charge in [-0.15, -0.1) is 11.6 Å². The van der Waals surface area contributed by atoms with Crippen LogP contribution in [0.15, 0.2) is 16.9 Å². The molecule has 0 radical (unpaired) electrons. The highest BCUT2D eigenvalue weighted by molar-refractivity contribution is 6.21. The Morgan fingerprint density at radius 3 is 2.79 bits per heavy atom. The van der Waals surface area contributed by atoms with Gasteiger partial charge in [-0.05, 0) is 20.8 Å². The van der Waals surface area contributed by atoms with Crippen LogP contribution in [-0.2, 0) is 0 Å². The van der Waals surface area contributed by atoms with E-state index in [1.807, 2.05) is 20.8 Å². The summed E-state index contributed by atoms with van der Waals surface area (Å²) >= 11 is 5.92. The maximum atomic E-state index is 11.5. The zero-order valence-electron chi connectivity index (χ0n) is 8.37. The Labute approximate surface area is 87.6 Å². The van der Waals surface area contributed by atoms with Crippen molar-refractivity contribution in [2.75, 3.05) is 0 Å². The first-order chi connectivity index (χ1) is 6.43. The summed E-state index contributed by atoms with van der Waals surface area (Å²) in [6.07, 6.45) is 1.35. The molecule has 0 spiro atoms. The molecule has 0 bridgehead atoms. The lowest BCUT2D eigenvalue weighted by molar-refractivity contribution is 0.0903. The number of nitrogens with zero attached hydrogens (tertiary/aromatic N) is 1. The normalized spacial score (nSPS) is 13.7. The third-order valence-electron chi connectivity index (χ3n) is 2.10. The van der Waals surface area contributed by atoms with Crippen LogP contribution in [0.3, 0.4) is 0 Å². The van der Waals surface area contributed by atoms with Crippen molar-refractivity contribution in [2.24, 2.45) is 0 Å². The Bertz CT molecular complexity index is 307. The van der Waals surface area contributed by atoms with Crippen LogP contribution in [0.25, 0.3) is 0 Å². The Kier molecular flexibility index (Phi) is 3.16. The quantitative estimate of drug-likeness (QED) is 0.784. The van der Waals surface area contributed by atoms with E-state index in [4.69, 9.17) is 11.6 Å². The van der Waals surface area contributed by atoms with E-state index < -0.39 is 5.54 Å². The third-order valence-corrected chi connectivity index (χ3v) is 2.65. The van der Waals surface area contributed by atoms with Gasteiger partial charge >= 0.3 is 0 Å². The van der Waals surface area contributed by atoms with E-state index in [0.717, 1.165) is 0 Å². The number of nitrogens with one attached hydrogen (secondary N) is 1. The number of hydrogen-bond donors (Lipinski definition) is 1. The summed E-state index contributed by atoms with van der Waals surface area (Å²) in [7, 11) is 0. The SMILES string of the molecule is CC(Cl)C(C)(C)NC(=O)c1ccon1. The summed E-state index contributed by atoms with van der Waals surface area (Å²) in [6, 6.07) is 1.50. The molecule has 1 aromatic heterocycles. The molecule has 5 heteroatoms. The van der Waals surface area contributed by atoms with E-state index in [9.17, 15) is 4.79 Å². The molecule has 1 atom stereocenters. The van der Waals surface area contributed by atoms with Gasteiger partial charge in [0.05, 0.1) is 10.9 Å². The molecule has 1 aromatic rings. The maximum Gasteiger partial charge on any atom is 0.273 e. The van der Waals surface area contributed by atoms with Crippen molar-refractivity contribution in [3.8, 4) is 0 Å². The smallest absolute Gasteiger partial charge is 0.273 e. The molecule has 0 saturated heterocycles. The van der Waals surface area contributed by atoms with E-state index in [-0.39, 0.29) is 17.0 Å². The number of carbonyl (C=O) groups excluding carboxylic acids is 1. The molecule has 1 N–H and O–H groups in total. The minimum atomic E-state index is -0.475. The Hall–Kier alpha value is -1.03. The largest absolute Gasteiger partial charge is 0.364 e. The number of carbonyl (C=O) groups is 1. The fourth-order valence-corrected chi connectivity index (χ4v) is 0.840. The van der Waals surface area contributed by atoms with Crippen molar-refractivity contribution < 1.29 is 9.32 Å². The monoisotopic (exact) mass is 216 g/mol. The molecule has 14 heavy (non-hydrogen) atoms. The molecular formula is C9H13ClN2O2. The summed E-state index contributed by atoms with van der Waals surface area (Å²) in [4.78, 5) is 11.5. The van der Waals surface area contributed by atoms with Crippen LogP contribution >= 0.6 is 11.6 Å². The van der Waals surface area contributed by atoms with Crippen LogP contribution in [0.1, 0.15) is 31.3 Å². The van der Waals surface area contributed by atoms with E-state index in [1.54, 1.807) is 0 Å². The maximum absolute atomic E-state index is 11.5. The van der Waals surface area contributed by atoms with Crippen molar-refractivity contribution >= 4 is 17.5 Å². The summed E-state index contributed by atoms with van der Waals surface area (Å²) in [6.45, 7) is 5.52. The van der Waals surface area contributed by atoms with Gasteiger partial charge in [-0.1, -0.05) is 5.16 Å². The van der Waals surface area contributed by atoms with Gasteiger partial charge in [-0.25, -0.2) is 0 Å². The molecule has 1 unspecified atom stereocenters. The Balaban J connectivity index is 2.66. The van der Waals surface area contributed by atoms with Gasteiger partial charge < -0.3 is 9.84 Å². The average molecular weight is 217 g/mol. The molecule has 0 fully saturated rings. The minimum absolute atomic E-state index is 0.168. The molecule has 0 aromatic carbocycles. The third kappa shape index (κ3) is 2.48. The van der Waals surface area contributed by atoms with Gasteiger partial charge in [0.15, 0.2) is 5.69 Å². The first kappa shape index (κ1) is 11.0. The van der Waals surface area contributed by atoms with Gasteiger partial charge in [0, 0.05) is 6.07 Å². The highest BCUT2D eigenvalue weighted by Crippen LogP contribution is 2.15. The first-order valence-corrected chi connectivity index (χ1v) is 4.74. The van der Waals surface area contributed by atoms with Crippen molar-refractivity contribution in [1.29, 1.82) is 0 Å². The molecule has 1 rings (SSSR count). The van der Waals surface area contributed by atoms with Crippen molar-refractivity contribution in [3.63, 3.8) is 0 Å². The number of halogens is 1. The van der Waals surface area contributed by atoms with Gasteiger partial charge in [0.2, 0.25) is 0 Å². The van der Waals surface area contributed by atoms with Crippen LogP contribution in [0.4, 0.5) is 0 Å². The van der Waals surface area contributed by atoms with Gasteiger partial charge in [-0.3, -0.25) is 4.79 Å². The van der Waals surface area contributed by atoms with Crippen LogP contribution in [0.5, 0.6) is 0 Å². The van der Waals surface area contributed by atoms with Crippen LogP contribution in [-0.4, -0.2) is 22.0 Å². The number of hydrogen-bond acceptors (Lipinski definition) is 3. The second kappa shape index (κ2) is 4.00. The van der Waals surface area contributed by atoms with Gasteiger partial charge in [-0.2, -0.15) is 0 Å². The molecule has 1 heterocycles. The van der Waals surface area contributed by atoms with Crippen molar-refractivity contribution in [2.45, 2.75) is 31.7 Å². The average Bonchev–Trinajstić information content (AvgIpc) is 2.54. The van der Waals surface area contributed by atoms with Gasteiger partial charge in [0.1, 0.15) is 6.26 Å². The van der Waals surface area contributed by atoms with E-state index in [0.29, 0.717) is 0 Å². The predicted octanol–water partition coefficient (Wildman–Crippen LogP) is 1.81. The number of amides is 1. The molecule has 0 aliphatic carbocycles. The fourth-order valence-electron chi connectivity index (χ4n) is 0.786. The first-order valence-electron chi connectivity index (χ1n) is 4.30. The highest BCUT2D eigenvalue weighted by atomic mass is 35.5. The van der Waals surface area contributed by atoms with Crippen LogP contribution < -0.4 is 5.32 Å². The van der Waals surface area contributed by atoms with E-state index in [2.05, 4.69) is 15.0 Å². The summed E-state index contributed by atoms with van der Waals surface area (Å²) in [5.74, 6) is -0.281. The minimum Gasteiger partial charge on any atom is -0.364 e. The summed E-state index contributed by atoms with van der Waals surface area (Å²) in [5.41, 5.74) is -0.215. The summed E-state index contributed by atoms with van der Waals surface area (Å²) < 4.78 is 4.57. The van der Waals surface area contributed by atoms with Gasteiger partial charge in [0.25, 0.3) is 5.91 Å². The lowest BCUT2D eigenvalue weighted by Gasteiger charge is -2.28. The van der Waals surface area contributed by atoms with Crippen molar-refractivity contribution in [1.82, 2.24) is 10.5 Å².